The predicted molar refractivity (Wildman–Crippen MR) is 131 cm³/mol. The molecule has 3 aromatic carbocycles. The minimum Gasteiger partial charge on any atom is -0.324 e. The number of halogens is 2. The van der Waals surface area contributed by atoms with E-state index in [4.69, 9.17) is 23.2 Å². The quantitative estimate of drug-likeness (QED) is 0.441. The van der Waals surface area contributed by atoms with Gasteiger partial charge in [-0.1, -0.05) is 66.0 Å². The summed E-state index contributed by atoms with van der Waals surface area (Å²) in [5.41, 5.74) is 3.60. The van der Waals surface area contributed by atoms with Crippen molar-refractivity contribution in [1.82, 2.24) is 0 Å². The first-order valence-corrected chi connectivity index (χ1v) is 12.3. The van der Waals surface area contributed by atoms with Crippen LogP contribution in [0.15, 0.2) is 65.6 Å². The summed E-state index contributed by atoms with van der Waals surface area (Å²) in [6, 6.07) is 16.7. The Bertz CT molecular complexity index is 1240. The molecule has 0 fully saturated rings. The van der Waals surface area contributed by atoms with Crippen LogP contribution in [0.4, 0.5) is 11.4 Å². The smallest absolute Gasteiger partial charge is 0.264 e. The van der Waals surface area contributed by atoms with Gasteiger partial charge < -0.3 is 5.32 Å². The molecule has 0 aliphatic carbocycles. The molecular weight excluding hydrogens is 467 g/mol. The molecule has 8 heteroatoms. The molecular formula is C24H24Cl2N2O3S. The lowest BCUT2D eigenvalue weighted by molar-refractivity contribution is -0.114. The standard InChI is InChI=1S/C24H24Cl2N2O3S/c1-4-18-7-5-6-17(3)24(18)27-23(29)15-28(22-14-19(25)10-13-21(22)26)32(30,31)20-11-8-16(2)9-12-20/h5-14H,4,15H2,1-3H3,(H,27,29). The molecule has 3 aromatic rings. The summed E-state index contributed by atoms with van der Waals surface area (Å²) in [5.74, 6) is -0.485. The van der Waals surface area contributed by atoms with Crippen LogP contribution in [0.5, 0.6) is 0 Å². The van der Waals surface area contributed by atoms with Crippen LogP contribution in [0, 0.1) is 13.8 Å². The predicted octanol–water partition coefficient (Wildman–Crippen LogP) is 6.01. The van der Waals surface area contributed by atoms with Gasteiger partial charge in [0.25, 0.3) is 10.0 Å². The summed E-state index contributed by atoms with van der Waals surface area (Å²) in [5, 5.41) is 3.35. The van der Waals surface area contributed by atoms with Crippen molar-refractivity contribution in [3.8, 4) is 0 Å². The van der Waals surface area contributed by atoms with Gasteiger partial charge in [0.1, 0.15) is 6.54 Å². The first-order chi connectivity index (χ1) is 15.1. The highest BCUT2D eigenvalue weighted by Gasteiger charge is 2.29. The number of anilines is 2. The summed E-state index contributed by atoms with van der Waals surface area (Å²) >= 11 is 12.5. The Morgan fingerprint density at radius 2 is 1.69 bits per heavy atom. The number of sulfonamides is 1. The summed E-state index contributed by atoms with van der Waals surface area (Å²) in [6.45, 7) is 5.28. The Labute approximate surface area is 199 Å². The largest absolute Gasteiger partial charge is 0.324 e. The fourth-order valence-corrected chi connectivity index (χ4v) is 5.19. The molecule has 168 valence electrons. The Morgan fingerprint density at radius 1 is 1.00 bits per heavy atom. The second-order valence-electron chi connectivity index (χ2n) is 7.43. The van der Waals surface area contributed by atoms with Crippen LogP contribution in [-0.4, -0.2) is 20.9 Å². The summed E-state index contributed by atoms with van der Waals surface area (Å²) < 4.78 is 28.1. The van der Waals surface area contributed by atoms with Crippen LogP contribution in [0.1, 0.15) is 23.6 Å². The molecule has 0 saturated heterocycles. The topological polar surface area (TPSA) is 66.5 Å². The number of para-hydroxylation sites is 1. The molecule has 0 aromatic heterocycles. The molecule has 0 saturated carbocycles. The van der Waals surface area contributed by atoms with Crippen molar-refractivity contribution in [2.45, 2.75) is 32.1 Å². The van der Waals surface area contributed by atoms with Gasteiger partial charge in [-0.15, -0.1) is 0 Å². The van der Waals surface area contributed by atoms with E-state index >= 15 is 0 Å². The monoisotopic (exact) mass is 490 g/mol. The SMILES string of the molecule is CCc1cccc(C)c1NC(=O)CN(c1cc(Cl)ccc1Cl)S(=O)(=O)c1ccc(C)cc1. The fraction of sp³-hybridized carbons (Fsp3) is 0.208. The molecule has 0 heterocycles. The van der Waals surface area contributed by atoms with E-state index in [0.29, 0.717) is 10.7 Å². The molecule has 1 N–H and O–H groups in total. The number of amides is 1. The number of carbonyl (C=O) groups is 1. The van der Waals surface area contributed by atoms with Crippen molar-refractivity contribution in [1.29, 1.82) is 0 Å². The van der Waals surface area contributed by atoms with Gasteiger partial charge in [0.05, 0.1) is 15.6 Å². The molecule has 0 atom stereocenters. The number of rotatable bonds is 7. The van der Waals surface area contributed by atoms with Gasteiger partial charge in [-0.05, 0) is 61.7 Å². The number of aryl methyl sites for hydroxylation is 3. The average Bonchev–Trinajstić information content (AvgIpc) is 2.75. The number of hydrogen-bond donors (Lipinski definition) is 1. The normalized spacial score (nSPS) is 11.3. The van der Waals surface area contributed by atoms with Crippen LogP contribution in [-0.2, 0) is 21.2 Å². The number of nitrogens with zero attached hydrogens (tertiary/aromatic N) is 1. The zero-order valence-electron chi connectivity index (χ0n) is 18.0. The van der Waals surface area contributed by atoms with Gasteiger partial charge in [-0.2, -0.15) is 0 Å². The minimum atomic E-state index is -4.09. The molecule has 3 rings (SSSR count). The molecule has 0 radical (unpaired) electrons. The highest BCUT2D eigenvalue weighted by Crippen LogP contribution is 2.33. The van der Waals surface area contributed by atoms with Crippen LogP contribution < -0.4 is 9.62 Å². The maximum Gasteiger partial charge on any atom is 0.264 e. The maximum atomic E-state index is 13.5. The highest BCUT2D eigenvalue weighted by atomic mass is 35.5. The average molecular weight is 491 g/mol. The molecule has 32 heavy (non-hydrogen) atoms. The number of nitrogens with one attached hydrogen (secondary N) is 1. The third-order valence-corrected chi connectivity index (χ3v) is 7.41. The van der Waals surface area contributed by atoms with Crippen LogP contribution in [0.3, 0.4) is 0 Å². The van der Waals surface area contributed by atoms with Gasteiger partial charge in [-0.25, -0.2) is 8.42 Å². The first kappa shape index (κ1) is 24.1. The van der Waals surface area contributed by atoms with Crippen molar-refractivity contribution in [2.75, 3.05) is 16.2 Å². The third-order valence-electron chi connectivity index (χ3n) is 5.08. The van der Waals surface area contributed by atoms with Gasteiger partial charge in [0, 0.05) is 10.7 Å². The molecule has 1 amide bonds. The zero-order valence-corrected chi connectivity index (χ0v) is 20.4. The molecule has 5 nitrogen and oxygen atoms in total. The van der Waals surface area contributed by atoms with Crippen molar-refractivity contribution >= 4 is 50.5 Å². The number of benzene rings is 3. The van der Waals surface area contributed by atoms with E-state index in [0.717, 1.165) is 27.4 Å². The molecule has 0 bridgehead atoms. The van der Waals surface area contributed by atoms with Crippen LogP contribution in [0.25, 0.3) is 0 Å². The third kappa shape index (κ3) is 5.26. The van der Waals surface area contributed by atoms with E-state index in [-0.39, 0.29) is 15.6 Å². The molecule has 0 spiro atoms. The van der Waals surface area contributed by atoms with E-state index in [2.05, 4.69) is 5.32 Å². The molecule has 0 aliphatic rings. The fourth-order valence-electron chi connectivity index (χ4n) is 3.33. The summed E-state index contributed by atoms with van der Waals surface area (Å²) in [4.78, 5) is 13.1. The summed E-state index contributed by atoms with van der Waals surface area (Å²) in [6.07, 6.45) is 0.725. The lowest BCUT2D eigenvalue weighted by Gasteiger charge is -2.25. The van der Waals surface area contributed by atoms with Gasteiger partial charge in [0.2, 0.25) is 5.91 Å². The van der Waals surface area contributed by atoms with Gasteiger partial charge in [0.15, 0.2) is 0 Å². The molecule has 0 unspecified atom stereocenters. The first-order valence-electron chi connectivity index (χ1n) is 10.1. The second-order valence-corrected chi connectivity index (χ2v) is 10.1. The molecule has 0 aliphatic heterocycles. The lowest BCUT2D eigenvalue weighted by Crippen LogP contribution is -2.38. The number of carbonyl (C=O) groups excluding carboxylic acids is 1. The second kappa shape index (κ2) is 9.94. The Morgan fingerprint density at radius 3 is 2.34 bits per heavy atom. The van der Waals surface area contributed by atoms with Crippen molar-refractivity contribution in [3.05, 3.63) is 87.4 Å². The van der Waals surface area contributed by atoms with Crippen molar-refractivity contribution in [3.63, 3.8) is 0 Å². The van der Waals surface area contributed by atoms with Crippen molar-refractivity contribution in [2.24, 2.45) is 0 Å². The van der Waals surface area contributed by atoms with Gasteiger partial charge >= 0.3 is 0 Å². The summed E-state index contributed by atoms with van der Waals surface area (Å²) in [7, 11) is -4.09. The zero-order chi connectivity index (χ0) is 23.5. The van der Waals surface area contributed by atoms with Crippen LogP contribution >= 0.6 is 23.2 Å². The maximum absolute atomic E-state index is 13.5. The Balaban J connectivity index is 2.03. The van der Waals surface area contributed by atoms with Crippen molar-refractivity contribution < 1.29 is 13.2 Å². The van der Waals surface area contributed by atoms with E-state index in [1.807, 2.05) is 39.0 Å². The van der Waals surface area contributed by atoms with E-state index in [1.54, 1.807) is 18.2 Å². The lowest BCUT2D eigenvalue weighted by atomic mass is 10.1. The van der Waals surface area contributed by atoms with Crippen LogP contribution in [0.2, 0.25) is 10.0 Å². The minimum absolute atomic E-state index is 0.0529. The van der Waals surface area contributed by atoms with E-state index in [9.17, 15) is 13.2 Å². The van der Waals surface area contributed by atoms with E-state index in [1.165, 1.54) is 24.3 Å². The Kier molecular flexibility index (Phi) is 7.49. The number of hydrogen-bond acceptors (Lipinski definition) is 3. The van der Waals surface area contributed by atoms with E-state index < -0.39 is 22.5 Å². The highest BCUT2D eigenvalue weighted by molar-refractivity contribution is 7.92. The van der Waals surface area contributed by atoms with Gasteiger partial charge in [-0.3, -0.25) is 9.10 Å². The Hall–Kier alpha value is -2.54.